The van der Waals surface area contributed by atoms with E-state index >= 15 is 0 Å². The number of rotatable bonds is 71. The number of carbonyl (C=O) groups is 2. The Morgan fingerprint density at radius 2 is 0.494 bits per heavy atom. The number of aliphatic hydroxyl groups is 1. The number of aliphatic hydroxyl groups excluding tert-OH is 1. The van der Waals surface area contributed by atoms with Gasteiger partial charge in [-0.1, -0.05) is 400 Å². The molecule has 0 bridgehead atoms. The normalized spacial score (nSPS) is 12.7. The molecule has 0 rings (SSSR count). The molecule has 0 radical (unpaired) electrons. The second-order valence-electron chi connectivity index (χ2n) is 25.7. The SMILES string of the molecule is CC/C=C\C/C=C\C/C=C\C/C=C\C/C=C\C/C=C\C/C=C\C/C=C\CCCCCCCCCCCCCCCCCCC(=O)OC(CO)COC(=O)CCCCCCCCCCCCCCCCCCCCCCCCCCCCCCCCCC. The molecule has 0 aliphatic carbocycles. The average molecular weight is 1210 g/mol. The molecule has 5 nitrogen and oxygen atoms in total. The summed E-state index contributed by atoms with van der Waals surface area (Å²) in [7, 11) is 0. The van der Waals surface area contributed by atoms with Gasteiger partial charge in [0.15, 0.2) is 6.10 Å². The van der Waals surface area contributed by atoms with Crippen molar-refractivity contribution >= 4 is 11.9 Å². The minimum atomic E-state index is -0.775. The number of hydrogen-bond acceptors (Lipinski definition) is 5. The fraction of sp³-hybridized carbons (Fsp3) is 0.780. The molecule has 0 aliphatic rings. The van der Waals surface area contributed by atoms with Crippen molar-refractivity contribution < 1.29 is 24.2 Å². The maximum Gasteiger partial charge on any atom is 0.306 e. The van der Waals surface area contributed by atoms with Crippen molar-refractivity contribution in [3.63, 3.8) is 0 Å². The van der Waals surface area contributed by atoms with E-state index in [0.717, 1.165) is 89.9 Å². The van der Waals surface area contributed by atoms with E-state index in [1.807, 2.05) is 0 Å². The van der Waals surface area contributed by atoms with Crippen LogP contribution < -0.4 is 0 Å². The maximum atomic E-state index is 12.4. The average Bonchev–Trinajstić information content (AvgIpc) is 3.53. The van der Waals surface area contributed by atoms with Crippen molar-refractivity contribution in [2.75, 3.05) is 13.2 Å². The summed E-state index contributed by atoms with van der Waals surface area (Å²) < 4.78 is 10.8. The number of allylic oxidation sites excluding steroid dienone is 16. The van der Waals surface area contributed by atoms with E-state index in [1.165, 1.54) is 276 Å². The third-order valence-corrected chi connectivity index (χ3v) is 17.1. The fourth-order valence-electron chi connectivity index (χ4n) is 11.5. The van der Waals surface area contributed by atoms with Crippen LogP contribution in [0.2, 0.25) is 0 Å². The number of ether oxygens (including phenoxy) is 2. The van der Waals surface area contributed by atoms with Crippen LogP contribution in [0.15, 0.2) is 97.2 Å². The molecule has 0 saturated heterocycles. The van der Waals surface area contributed by atoms with Gasteiger partial charge in [0.1, 0.15) is 6.61 Å². The Kier molecular flexibility index (Phi) is 74.2. The Morgan fingerprint density at radius 3 is 0.747 bits per heavy atom. The molecule has 0 aliphatic heterocycles. The summed E-state index contributed by atoms with van der Waals surface area (Å²) in [5.41, 5.74) is 0. The number of carbonyl (C=O) groups excluding carboxylic acids is 2. The largest absolute Gasteiger partial charge is 0.462 e. The standard InChI is InChI=1S/C82H146O5/c1-3-5-7-9-11-13-15-17-19-21-23-25-27-29-31-33-35-37-38-39-40-41-42-43-44-45-47-49-51-53-55-57-59-61-63-65-67-69-71-73-75-77-82(85)87-80(78-83)79-86-81(84)76-74-72-70-68-66-64-62-60-58-56-54-52-50-48-46-36-34-32-30-28-26-24-22-20-18-16-14-12-10-8-6-4-2/h5,7,11,13,17,19,23,25,29,31,35,37,39-40,42-43,80,83H,3-4,6,8-10,12,14-16,18,20-22,24,26-28,30,32-34,36,38,41,44-79H2,1-2H3/b7-5-,13-11-,19-17-,25-23-,31-29-,37-35-,40-39-,43-42-. The first-order valence-corrected chi connectivity index (χ1v) is 38.3. The lowest BCUT2D eigenvalue weighted by Crippen LogP contribution is -2.28. The summed E-state index contributed by atoms with van der Waals surface area (Å²) in [5.74, 6) is -0.572. The van der Waals surface area contributed by atoms with Gasteiger partial charge in [0.25, 0.3) is 0 Å². The molecule has 0 amide bonds. The van der Waals surface area contributed by atoms with Crippen LogP contribution in [-0.4, -0.2) is 36.4 Å². The summed E-state index contributed by atoms with van der Waals surface area (Å²) in [6.07, 6.45) is 110. The van der Waals surface area contributed by atoms with Gasteiger partial charge in [0.2, 0.25) is 0 Å². The lowest BCUT2D eigenvalue weighted by molar-refractivity contribution is -0.161. The highest BCUT2D eigenvalue weighted by Crippen LogP contribution is 2.19. The smallest absolute Gasteiger partial charge is 0.306 e. The fourth-order valence-corrected chi connectivity index (χ4v) is 11.5. The molecule has 1 unspecified atom stereocenters. The predicted octanol–water partition coefficient (Wildman–Crippen LogP) is 26.9. The Labute approximate surface area is 542 Å². The van der Waals surface area contributed by atoms with Crippen LogP contribution in [0.25, 0.3) is 0 Å². The van der Waals surface area contributed by atoms with E-state index in [9.17, 15) is 14.7 Å². The summed E-state index contributed by atoms with van der Waals surface area (Å²) >= 11 is 0. The molecule has 0 heterocycles. The highest BCUT2D eigenvalue weighted by atomic mass is 16.6. The lowest BCUT2D eigenvalue weighted by Gasteiger charge is -2.15. The van der Waals surface area contributed by atoms with E-state index in [-0.39, 0.29) is 25.2 Å². The molecule has 1 atom stereocenters. The zero-order valence-corrected chi connectivity index (χ0v) is 58.0. The third kappa shape index (κ3) is 75.2. The first-order chi connectivity index (χ1) is 43.1. The van der Waals surface area contributed by atoms with Gasteiger partial charge in [-0.15, -0.1) is 0 Å². The van der Waals surface area contributed by atoms with Crippen molar-refractivity contribution in [1.82, 2.24) is 0 Å². The van der Waals surface area contributed by atoms with Gasteiger partial charge in [-0.25, -0.2) is 0 Å². The molecule has 5 heteroatoms. The van der Waals surface area contributed by atoms with E-state index in [0.29, 0.717) is 12.8 Å². The molecule has 0 aromatic carbocycles. The van der Waals surface area contributed by atoms with Gasteiger partial charge in [0.05, 0.1) is 6.61 Å². The minimum Gasteiger partial charge on any atom is -0.462 e. The molecular weight excluding hydrogens is 1060 g/mol. The van der Waals surface area contributed by atoms with Gasteiger partial charge in [-0.3, -0.25) is 9.59 Å². The molecule has 0 aromatic heterocycles. The van der Waals surface area contributed by atoms with Crippen molar-refractivity contribution in [2.24, 2.45) is 0 Å². The summed E-state index contributed by atoms with van der Waals surface area (Å²) in [6, 6.07) is 0. The van der Waals surface area contributed by atoms with Crippen molar-refractivity contribution in [3.8, 4) is 0 Å². The molecule has 0 spiro atoms. The van der Waals surface area contributed by atoms with Crippen LogP contribution >= 0.6 is 0 Å². The quantitative estimate of drug-likeness (QED) is 0.0373. The Hall–Kier alpha value is -3.18. The van der Waals surface area contributed by atoms with Crippen LogP contribution in [0.3, 0.4) is 0 Å². The minimum absolute atomic E-state index is 0.0630. The predicted molar refractivity (Wildman–Crippen MR) is 385 cm³/mol. The van der Waals surface area contributed by atoms with E-state index in [1.54, 1.807) is 0 Å². The van der Waals surface area contributed by atoms with E-state index < -0.39 is 6.10 Å². The highest BCUT2D eigenvalue weighted by molar-refractivity contribution is 5.70. The van der Waals surface area contributed by atoms with Gasteiger partial charge < -0.3 is 14.6 Å². The van der Waals surface area contributed by atoms with Crippen LogP contribution in [0.4, 0.5) is 0 Å². The van der Waals surface area contributed by atoms with Crippen LogP contribution in [0, 0.1) is 0 Å². The molecule has 0 saturated carbocycles. The first-order valence-electron chi connectivity index (χ1n) is 38.3. The van der Waals surface area contributed by atoms with Gasteiger partial charge in [-0.05, 0) is 77.0 Å². The molecule has 1 N–H and O–H groups in total. The Balaban J connectivity index is 3.43. The second-order valence-corrected chi connectivity index (χ2v) is 25.7. The van der Waals surface area contributed by atoms with Crippen molar-refractivity contribution in [3.05, 3.63) is 97.2 Å². The first kappa shape index (κ1) is 83.8. The number of unbranched alkanes of at least 4 members (excludes halogenated alkanes) is 47. The number of esters is 2. The Bertz CT molecular complexity index is 1610. The van der Waals surface area contributed by atoms with Gasteiger partial charge in [-0.2, -0.15) is 0 Å². The van der Waals surface area contributed by atoms with Crippen LogP contribution in [0.5, 0.6) is 0 Å². The van der Waals surface area contributed by atoms with E-state index in [4.69, 9.17) is 9.47 Å². The topological polar surface area (TPSA) is 72.8 Å². The highest BCUT2D eigenvalue weighted by Gasteiger charge is 2.16. The van der Waals surface area contributed by atoms with Crippen molar-refractivity contribution in [1.29, 1.82) is 0 Å². The molecule has 0 aromatic rings. The third-order valence-electron chi connectivity index (χ3n) is 17.1. The van der Waals surface area contributed by atoms with Crippen LogP contribution in [-0.2, 0) is 19.1 Å². The summed E-state index contributed by atoms with van der Waals surface area (Å²) in [6.45, 7) is 4.08. The zero-order chi connectivity index (χ0) is 62.6. The Morgan fingerprint density at radius 1 is 0.276 bits per heavy atom. The number of hydrogen-bond donors (Lipinski definition) is 1. The summed E-state index contributed by atoms with van der Waals surface area (Å²) in [5, 5.41) is 9.72. The monoisotopic (exact) mass is 1210 g/mol. The summed E-state index contributed by atoms with van der Waals surface area (Å²) in [4.78, 5) is 24.7. The second kappa shape index (κ2) is 77.1. The maximum absolute atomic E-state index is 12.4. The molecule has 87 heavy (non-hydrogen) atoms. The van der Waals surface area contributed by atoms with Crippen LogP contribution in [0.1, 0.15) is 393 Å². The molecule has 504 valence electrons. The van der Waals surface area contributed by atoms with Gasteiger partial charge >= 0.3 is 11.9 Å². The molecule has 0 fully saturated rings. The van der Waals surface area contributed by atoms with E-state index in [2.05, 4.69) is 111 Å². The molecular formula is C82H146O5. The van der Waals surface area contributed by atoms with Gasteiger partial charge in [0, 0.05) is 12.8 Å². The zero-order valence-electron chi connectivity index (χ0n) is 58.0. The van der Waals surface area contributed by atoms with Crippen molar-refractivity contribution in [2.45, 2.75) is 399 Å². The lowest BCUT2D eigenvalue weighted by atomic mass is 10.0.